The summed E-state index contributed by atoms with van der Waals surface area (Å²) in [7, 11) is 0. The van der Waals surface area contributed by atoms with E-state index in [0.29, 0.717) is 12.5 Å². The Morgan fingerprint density at radius 3 is 2.31 bits per heavy atom. The smallest absolute Gasteiger partial charge is 0.305 e. The van der Waals surface area contributed by atoms with Crippen molar-refractivity contribution >= 4 is 23.1 Å². The number of carboxylic acids is 1. The molecule has 0 unspecified atom stereocenters. The Morgan fingerprint density at radius 2 is 1.61 bits per heavy atom. The molecule has 0 saturated carbocycles. The summed E-state index contributed by atoms with van der Waals surface area (Å²) in [5, 5.41) is 9.30. The highest BCUT2D eigenvalue weighted by atomic mass is 16.4. The molecule has 2 aliphatic rings. The predicted octanol–water partition coefficient (Wildman–Crippen LogP) is 6.99. The molecule has 2 aromatic carbocycles. The third kappa shape index (κ3) is 4.69. The van der Waals surface area contributed by atoms with Gasteiger partial charge >= 0.3 is 5.97 Å². The third-order valence-corrected chi connectivity index (χ3v) is 7.43. The van der Waals surface area contributed by atoms with Gasteiger partial charge in [-0.3, -0.25) is 4.79 Å². The van der Waals surface area contributed by atoms with Gasteiger partial charge in [0.15, 0.2) is 12.3 Å². The van der Waals surface area contributed by atoms with Crippen LogP contribution in [-0.4, -0.2) is 34.5 Å². The van der Waals surface area contributed by atoms with Crippen molar-refractivity contribution in [3.63, 3.8) is 0 Å². The van der Waals surface area contributed by atoms with Gasteiger partial charge in [-0.25, -0.2) is 0 Å². The molecule has 2 aliphatic heterocycles. The van der Waals surface area contributed by atoms with Gasteiger partial charge in [0.1, 0.15) is 0 Å². The van der Waals surface area contributed by atoms with Gasteiger partial charge in [-0.2, -0.15) is 4.58 Å². The number of benzene rings is 2. The fourth-order valence-electron chi connectivity index (χ4n) is 5.65. The molecule has 1 N–H and O–H groups in total. The van der Waals surface area contributed by atoms with E-state index in [1.807, 2.05) is 6.07 Å². The molecular formula is C32H39N2O2+. The second kappa shape index (κ2) is 9.93. The average molecular weight is 484 g/mol. The number of rotatable bonds is 8. The first-order chi connectivity index (χ1) is 17.0. The highest BCUT2D eigenvalue weighted by Gasteiger charge is 2.44. The first-order valence-corrected chi connectivity index (χ1v) is 12.9. The van der Waals surface area contributed by atoms with Crippen molar-refractivity contribution in [2.24, 2.45) is 5.92 Å². The maximum Gasteiger partial charge on any atom is 0.305 e. The lowest BCUT2D eigenvalue weighted by molar-refractivity contribution is -0.445. The van der Waals surface area contributed by atoms with Crippen LogP contribution in [0.15, 0.2) is 84.6 Å². The van der Waals surface area contributed by atoms with Crippen LogP contribution in [0.3, 0.4) is 0 Å². The Hall–Kier alpha value is -3.40. The first kappa shape index (κ1) is 25.7. The largest absolute Gasteiger partial charge is 0.481 e. The minimum atomic E-state index is -0.779. The molecule has 4 rings (SSSR count). The number of anilines is 1. The minimum absolute atomic E-state index is 0.0585. The summed E-state index contributed by atoms with van der Waals surface area (Å²) in [6.45, 7) is 15.0. The van der Waals surface area contributed by atoms with Crippen molar-refractivity contribution in [1.82, 2.24) is 0 Å². The summed E-state index contributed by atoms with van der Waals surface area (Å²) in [5.74, 6) is -0.225. The molecule has 2 aromatic rings. The summed E-state index contributed by atoms with van der Waals surface area (Å²) in [5.41, 5.74) is 7.19. The van der Waals surface area contributed by atoms with Crippen molar-refractivity contribution in [3.05, 3.63) is 95.7 Å². The van der Waals surface area contributed by atoms with Gasteiger partial charge in [0, 0.05) is 47.0 Å². The number of carbonyl (C=O) groups is 1. The SMILES string of the molecule is CC(C)C[N+]1=C(C=CC=CC=C2N(CCC(=O)O)c3ccccc3C2(C)C)C(C)(C)c2ccccc21. The van der Waals surface area contributed by atoms with Crippen molar-refractivity contribution in [2.45, 2.75) is 58.8 Å². The van der Waals surface area contributed by atoms with Crippen LogP contribution in [0.2, 0.25) is 0 Å². The molecular weight excluding hydrogens is 444 g/mol. The normalized spacial score (nSPS) is 19.2. The number of aliphatic carboxylic acids is 1. The number of allylic oxidation sites excluding steroid dienone is 6. The van der Waals surface area contributed by atoms with Crippen LogP contribution in [0.1, 0.15) is 59.1 Å². The lowest BCUT2D eigenvalue weighted by atomic mass is 9.81. The molecule has 0 atom stereocenters. The zero-order valence-electron chi connectivity index (χ0n) is 22.5. The Bertz CT molecular complexity index is 1270. The number of fused-ring (bicyclic) bond motifs is 2. The maximum absolute atomic E-state index is 11.3. The van der Waals surface area contributed by atoms with Gasteiger partial charge in [-0.05, 0) is 31.6 Å². The minimum Gasteiger partial charge on any atom is -0.481 e. The molecule has 4 heteroatoms. The summed E-state index contributed by atoms with van der Waals surface area (Å²) >= 11 is 0. The summed E-state index contributed by atoms with van der Waals surface area (Å²) in [4.78, 5) is 13.5. The summed E-state index contributed by atoms with van der Waals surface area (Å²) in [6, 6.07) is 17.0. The second-order valence-corrected chi connectivity index (χ2v) is 11.3. The van der Waals surface area contributed by atoms with E-state index in [1.165, 1.54) is 22.5 Å². The Balaban J connectivity index is 1.63. The first-order valence-electron chi connectivity index (χ1n) is 12.9. The van der Waals surface area contributed by atoms with E-state index in [-0.39, 0.29) is 17.3 Å². The molecule has 0 bridgehead atoms. The molecule has 4 nitrogen and oxygen atoms in total. The topological polar surface area (TPSA) is 43.5 Å². The van der Waals surface area contributed by atoms with Crippen LogP contribution in [0.25, 0.3) is 0 Å². The lowest BCUT2D eigenvalue weighted by Gasteiger charge is -2.26. The van der Waals surface area contributed by atoms with Crippen LogP contribution in [-0.2, 0) is 15.6 Å². The molecule has 0 spiro atoms. The highest BCUT2D eigenvalue weighted by molar-refractivity contribution is 6.03. The van der Waals surface area contributed by atoms with Gasteiger partial charge in [0.2, 0.25) is 5.69 Å². The van der Waals surface area contributed by atoms with Crippen LogP contribution >= 0.6 is 0 Å². The van der Waals surface area contributed by atoms with Gasteiger partial charge in [-0.15, -0.1) is 0 Å². The molecule has 0 aliphatic carbocycles. The van der Waals surface area contributed by atoms with E-state index in [0.717, 1.165) is 17.9 Å². The van der Waals surface area contributed by atoms with Crippen molar-refractivity contribution < 1.29 is 14.5 Å². The van der Waals surface area contributed by atoms with E-state index in [2.05, 4.69) is 124 Å². The van der Waals surface area contributed by atoms with Crippen molar-refractivity contribution in [1.29, 1.82) is 0 Å². The molecule has 0 radical (unpaired) electrons. The summed E-state index contributed by atoms with van der Waals surface area (Å²) in [6.07, 6.45) is 10.8. The quantitative estimate of drug-likeness (QED) is 0.325. The van der Waals surface area contributed by atoms with Gasteiger partial charge in [0.05, 0.1) is 11.8 Å². The zero-order chi connectivity index (χ0) is 26.1. The van der Waals surface area contributed by atoms with E-state index in [1.54, 1.807) is 0 Å². The third-order valence-electron chi connectivity index (χ3n) is 7.43. The van der Waals surface area contributed by atoms with E-state index >= 15 is 0 Å². The van der Waals surface area contributed by atoms with Crippen molar-refractivity contribution in [3.8, 4) is 0 Å². The number of carboxylic acid groups (broad SMARTS) is 1. The molecule has 0 fully saturated rings. The van der Waals surface area contributed by atoms with E-state index in [9.17, 15) is 9.90 Å². The number of hydrogen-bond acceptors (Lipinski definition) is 2. The van der Waals surface area contributed by atoms with E-state index in [4.69, 9.17) is 0 Å². The fourth-order valence-corrected chi connectivity index (χ4v) is 5.65. The molecule has 188 valence electrons. The van der Waals surface area contributed by atoms with Gasteiger partial charge < -0.3 is 10.0 Å². The number of hydrogen-bond donors (Lipinski definition) is 1. The average Bonchev–Trinajstić information content (AvgIpc) is 3.16. The maximum atomic E-state index is 11.3. The van der Waals surface area contributed by atoms with Crippen LogP contribution < -0.4 is 4.90 Å². The monoisotopic (exact) mass is 483 g/mol. The van der Waals surface area contributed by atoms with Crippen LogP contribution in [0.4, 0.5) is 11.4 Å². The molecule has 0 aromatic heterocycles. The standard InChI is InChI=1S/C32H38N2O2/c1-23(2)22-34-27-17-13-11-15-25(27)32(5,6)29(34)19-9-7-8-18-28-31(3,4)24-14-10-12-16-26(24)33(28)21-20-30(35)36/h7-19,23H,20-22H2,1-6H3/p+1. The molecule has 36 heavy (non-hydrogen) atoms. The summed E-state index contributed by atoms with van der Waals surface area (Å²) < 4.78 is 2.47. The van der Waals surface area contributed by atoms with Crippen molar-refractivity contribution in [2.75, 3.05) is 18.0 Å². The number of para-hydroxylation sites is 2. The van der Waals surface area contributed by atoms with E-state index < -0.39 is 5.97 Å². The Kier molecular flexibility index (Phi) is 7.08. The zero-order valence-corrected chi connectivity index (χ0v) is 22.5. The molecule has 2 heterocycles. The Labute approximate surface area is 216 Å². The van der Waals surface area contributed by atoms with Gasteiger partial charge in [-0.1, -0.05) is 82.3 Å². The molecule has 0 amide bonds. The Morgan fingerprint density at radius 1 is 0.944 bits per heavy atom. The van der Waals surface area contributed by atoms with Crippen LogP contribution in [0, 0.1) is 5.92 Å². The predicted molar refractivity (Wildman–Crippen MR) is 150 cm³/mol. The van der Waals surface area contributed by atoms with Crippen LogP contribution in [0.5, 0.6) is 0 Å². The van der Waals surface area contributed by atoms with Gasteiger partial charge in [0.25, 0.3) is 0 Å². The fraction of sp³-hybridized carbons (Fsp3) is 0.375. The lowest BCUT2D eigenvalue weighted by Crippen LogP contribution is -2.28. The molecule has 0 saturated heterocycles. The number of nitrogens with zero attached hydrogens (tertiary/aromatic N) is 2. The second-order valence-electron chi connectivity index (χ2n) is 11.3. The highest BCUT2D eigenvalue weighted by Crippen LogP contribution is 2.47.